The predicted octanol–water partition coefficient (Wildman–Crippen LogP) is 2.57. The number of halogens is 1. The third kappa shape index (κ3) is 3.17. The number of benzene rings is 1. The fourth-order valence-corrected chi connectivity index (χ4v) is 2.87. The lowest BCUT2D eigenvalue weighted by atomic mass is 10.2. The molecule has 0 aliphatic carbocycles. The van der Waals surface area contributed by atoms with Crippen molar-refractivity contribution >= 4 is 11.6 Å². The Morgan fingerprint density at radius 2 is 2.12 bits per heavy atom. The molecule has 2 heterocycles. The molecule has 0 saturated carbocycles. The minimum atomic E-state index is -0.382. The zero-order valence-corrected chi connectivity index (χ0v) is 14.1. The maximum absolute atomic E-state index is 13.9. The summed E-state index contributed by atoms with van der Waals surface area (Å²) >= 11 is 0. The van der Waals surface area contributed by atoms with Crippen LogP contribution in [0.5, 0.6) is 0 Å². The van der Waals surface area contributed by atoms with Crippen LogP contribution in [0.1, 0.15) is 38.0 Å². The van der Waals surface area contributed by atoms with Crippen LogP contribution >= 0.6 is 0 Å². The van der Waals surface area contributed by atoms with Crippen LogP contribution in [0.4, 0.5) is 10.1 Å². The van der Waals surface area contributed by atoms with Crippen LogP contribution in [0, 0.1) is 5.82 Å². The summed E-state index contributed by atoms with van der Waals surface area (Å²) in [4.78, 5) is 16.0. The molecule has 0 N–H and O–H groups in total. The number of rotatable bonds is 5. The summed E-state index contributed by atoms with van der Waals surface area (Å²) in [5, 5.41) is 8.02. The highest BCUT2D eigenvalue weighted by atomic mass is 19.1. The van der Waals surface area contributed by atoms with Crippen LogP contribution in [0.2, 0.25) is 0 Å². The van der Waals surface area contributed by atoms with Gasteiger partial charge < -0.3 is 9.32 Å². The summed E-state index contributed by atoms with van der Waals surface area (Å²) in [7, 11) is 1.84. The predicted molar refractivity (Wildman–Crippen MR) is 87.0 cm³/mol. The van der Waals surface area contributed by atoms with Gasteiger partial charge in [0.15, 0.2) is 0 Å². The number of hydrogen-bond acceptors (Lipinski definition) is 5. The van der Waals surface area contributed by atoms with E-state index in [0.29, 0.717) is 37.0 Å². The lowest BCUT2D eigenvalue weighted by Gasteiger charge is -2.22. The van der Waals surface area contributed by atoms with Crippen LogP contribution in [-0.4, -0.2) is 40.6 Å². The number of carbonyl (C=O) groups excluding carboxylic acids is 1. The van der Waals surface area contributed by atoms with E-state index in [1.165, 1.54) is 11.0 Å². The monoisotopic (exact) mass is 332 g/mol. The molecule has 0 bridgehead atoms. The van der Waals surface area contributed by atoms with E-state index in [2.05, 4.69) is 10.2 Å². The third-order valence-corrected chi connectivity index (χ3v) is 4.21. The van der Waals surface area contributed by atoms with Crippen LogP contribution < -0.4 is 4.90 Å². The molecule has 128 valence electrons. The smallest absolute Gasteiger partial charge is 0.244 e. The molecule has 0 radical (unpaired) electrons. The Hall–Kier alpha value is -2.28. The quantitative estimate of drug-likeness (QED) is 0.842. The molecular weight excluding hydrogens is 311 g/mol. The Morgan fingerprint density at radius 1 is 1.38 bits per heavy atom. The van der Waals surface area contributed by atoms with Crippen molar-refractivity contribution in [3.05, 3.63) is 41.9 Å². The summed E-state index contributed by atoms with van der Waals surface area (Å²) in [5.41, 5.74) is 0.332. The molecule has 1 aromatic carbocycles. The largest absolute Gasteiger partial charge is 0.424 e. The van der Waals surface area contributed by atoms with Gasteiger partial charge in [0.25, 0.3) is 0 Å². The fourth-order valence-electron chi connectivity index (χ4n) is 2.87. The molecule has 1 unspecified atom stereocenters. The Balaban J connectivity index is 1.69. The standard InChI is InChI=1S/C17H21FN4O2/c1-11(2)16-20-19-15(24-16)10-21(3)14-8-9-22(17(14)23)13-7-5-4-6-12(13)18/h4-7,11,14H,8-10H2,1-3H3. The second-order valence-corrected chi connectivity index (χ2v) is 6.35. The highest BCUT2D eigenvalue weighted by molar-refractivity contribution is 5.99. The number of likely N-dealkylation sites (N-methyl/N-ethyl adjacent to an activating group) is 1. The molecule has 6 nitrogen and oxygen atoms in total. The highest BCUT2D eigenvalue weighted by Crippen LogP contribution is 2.26. The Morgan fingerprint density at radius 3 is 2.79 bits per heavy atom. The first-order valence-corrected chi connectivity index (χ1v) is 8.05. The van der Waals surface area contributed by atoms with Crippen molar-refractivity contribution in [2.45, 2.75) is 38.8 Å². The summed E-state index contributed by atoms with van der Waals surface area (Å²) in [6, 6.07) is 6.02. The minimum Gasteiger partial charge on any atom is -0.424 e. The van der Waals surface area contributed by atoms with Gasteiger partial charge in [0.2, 0.25) is 17.7 Å². The summed E-state index contributed by atoms with van der Waals surface area (Å²) in [6.45, 7) is 4.85. The van der Waals surface area contributed by atoms with Gasteiger partial charge in [-0.25, -0.2) is 4.39 Å². The number of hydrogen-bond donors (Lipinski definition) is 0. The number of anilines is 1. The normalized spacial score (nSPS) is 18.2. The van der Waals surface area contributed by atoms with E-state index in [9.17, 15) is 9.18 Å². The van der Waals surface area contributed by atoms with Gasteiger partial charge >= 0.3 is 0 Å². The summed E-state index contributed by atoms with van der Waals surface area (Å²) in [5.74, 6) is 0.752. The van der Waals surface area contributed by atoms with E-state index >= 15 is 0 Å². The van der Waals surface area contributed by atoms with Gasteiger partial charge in [-0.15, -0.1) is 10.2 Å². The van der Waals surface area contributed by atoms with Crippen molar-refractivity contribution < 1.29 is 13.6 Å². The van der Waals surface area contributed by atoms with E-state index in [4.69, 9.17) is 4.42 Å². The fraction of sp³-hybridized carbons (Fsp3) is 0.471. The van der Waals surface area contributed by atoms with Crippen LogP contribution in [0.15, 0.2) is 28.7 Å². The maximum atomic E-state index is 13.9. The first-order valence-electron chi connectivity index (χ1n) is 8.05. The molecular formula is C17H21FN4O2. The van der Waals surface area contributed by atoms with Crippen molar-refractivity contribution in [1.82, 2.24) is 15.1 Å². The zero-order valence-electron chi connectivity index (χ0n) is 14.1. The first kappa shape index (κ1) is 16.6. The van der Waals surface area contributed by atoms with Crippen molar-refractivity contribution in [2.24, 2.45) is 0 Å². The number of aromatic nitrogens is 2. The molecule has 1 saturated heterocycles. The first-order chi connectivity index (χ1) is 11.5. The maximum Gasteiger partial charge on any atom is 0.244 e. The zero-order chi connectivity index (χ0) is 17.3. The molecule has 1 aliphatic heterocycles. The SMILES string of the molecule is CC(C)c1nnc(CN(C)C2CCN(c3ccccc3F)C2=O)o1. The van der Waals surface area contributed by atoms with Gasteiger partial charge in [-0.1, -0.05) is 26.0 Å². The van der Waals surface area contributed by atoms with Gasteiger partial charge in [-0.05, 0) is 25.6 Å². The number of amides is 1. The Bertz CT molecular complexity index is 731. The number of nitrogens with zero attached hydrogens (tertiary/aromatic N) is 4. The van der Waals surface area contributed by atoms with Gasteiger partial charge in [-0.3, -0.25) is 9.69 Å². The lowest BCUT2D eigenvalue weighted by molar-refractivity contribution is -0.121. The minimum absolute atomic E-state index is 0.105. The second-order valence-electron chi connectivity index (χ2n) is 6.35. The summed E-state index contributed by atoms with van der Waals surface area (Å²) in [6.07, 6.45) is 0.634. The topological polar surface area (TPSA) is 62.5 Å². The molecule has 1 aromatic heterocycles. The van der Waals surface area contributed by atoms with E-state index in [-0.39, 0.29) is 23.7 Å². The van der Waals surface area contributed by atoms with Gasteiger partial charge in [0, 0.05) is 12.5 Å². The van der Waals surface area contributed by atoms with Gasteiger partial charge in [-0.2, -0.15) is 0 Å². The van der Waals surface area contributed by atoms with Crippen LogP contribution in [0.3, 0.4) is 0 Å². The van der Waals surface area contributed by atoms with Crippen molar-refractivity contribution in [2.75, 3.05) is 18.5 Å². The van der Waals surface area contributed by atoms with Crippen LogP contribution in [-0.2, 0) is 11.3 Å². The van der Waals surface area contributed by atoms with E-state index in [1.54, 1.807) is 18.2 Å². The van der Waals surface area contributed by atoms with Gasteiger partial charge in [0.1, 0.15) is 5.82 Å². The average molecular weight is 332 g/mol. The molecule has 1 aliphatic rings. The number of para-hydroxylation sites is 1. The molecule has 24 heavy (non-hydrogen) atoms. The van der Waals surface area contributed by atoms with Gasteiger partial charge in [0.05, 0.1) is 18.3 Å². The molecule has 1 amide bonds. The lowest BCUT2D eigenvalue weighted by Crippen LogP contribution is -2.39. The molecule has 3 rings (SSSR count). The Kier molecular flexibility index (Phi) is 4.62. The summed E-state index contributed by atoms with van der Waals surface area (Å²) < 4.78 is 19.5. The van der Waals surface area contributed by atoms with Crippen molar-refractivity contribution in [3.8, 4) is 0 Å². The molecule has 2 aromatic rings. The molecule has 7 heteroatoms. The van der Waals surface area contributed by atoms with E-state index in [1.807, 2.05) is 25.8 Å². The second kappa shape index (κ2) is 6.68. The van der Waals surface area contributed by atoms with E-state index in [0.717, 1.165) is 0 Å². The molecule has 0 spiro atoms. The number of carbonyl (C=O) groups is 1. The average Bonchev–Trinajstić information content (AvgIpc) is 3.15. The van der Waals surface area contributed by atoms with Crippen LogP contribution in [0.25, 0.3) is 0 Å². The van der Waals surface area contributed by atoms with Crippen molar-refractivity contribution in [1.29, 1.82) is 0 Å². The third-order valence-electron chi connectivity index (χ3n) is 4.21. The van der Waals surface area contributed by atoms with E-state index < -0.39 is 0 Å². The van der Waals surface area contributed by atoms with Crippen molar-refractivity contribution in [3.63, 3.8) is 0 Å². The highest BCUT2D eigenvalue weighted by Gasteiger charge is 2.36. The molecule has 1 atom stereocenters. The Labute approximate surface area is 140 Å². The molecule has 1 fully saturated rings.